The molecule has 1 rings (SSSR count). The quantitative estimate of drug-likeness (QED) is 0.650. The van der Waals surface area contributed by atoms with Crippen LogP contribution >= 0.6 is 0 Å². The van der Waals surface area contributed by atoms with E-state index in [1.54, 1.807) is 0 Å². The molecule has 0 saturated carbocycles. The molecule has 0 aliphatic rings. The van der Waals surface area contributed by atoms with E-state index in [1.807, 2.05) is 0 Å². The molecule has 0 aliphatic carbocycles. The fraction of sp³-hybridized carbons (Fsp3) is 0.625. The molecule has 1 radical (unpaired) electrons. The topological polar surface area (TPSA) is 0 Å². The predicted octanol–water partition coefficient (Wildman–Crippen LogP) is 4.66. The number of hydrogen-bond acceptors (Lipinski definition) is 0. The van der Waals surface area contributed by atoms with Gasteiger partial charge in [0.25, 0.3) is 0 Å². The zero-order valence-corrected chi connectivity index (χ0v) is 11.2. The Morgan fingerprint density at radius 1 is 0.938 bits per heavy atom. The van der Waals surface area contributed by atoms with Gasteiger partial charge in [-0.2, -0.15) is 0 Å². The minimum atomic E-state index is 0.773. The molecule has 16 heavy (non-hydrogen) atoms. The Labute approximate surface area is 101 Å². The van der Waals surface area contributed by atoms with E-state index in [4.69, 9.17) is 0 Å². The third-order valence-corrected chi connectivity index (χ3v) is 3.45. The molecule has 0 saturated heterocycles. The Balaban J connectivity index is 2.63. The first-order valence-corrected chi connectivity index (χ1v) is 6.65. The second-order valence-electron chi connectivity index (χ2n) is 5.14. The zero-order valence-electron chi connectivity index (χ0n) is 11.2. The number of rotatable bonds is 6. The van der Waals surface area contributed by atoms with Gasteiger partial charge in [-0.15, -0.1) is 0 Å². The van der Waals surface area contributed by atoms with E-state index >= 15 is 0 Å². The molecule has 0 fully saturated rings. The van der Waals surface area contributed by atoms with E-state index < -0.39 is 0 Å². The van der Waals surface area contributed by atoms with Gasteiger partial charge in [-0.1, -0.05) is 58.7 Å². The van der Waals surface area contributed by atoms with Crippen molar-refractivity contribution in [2.24, 2.45) is 11.8 Å². The lowest BCUT2D eigenvalue weighted by Gasteiger charge is -2.11. The van der Waals surface area contributed by atoms with Gasteiger partial charge in [0, 0.05) is 0 Å². The molecule has 0 aliphatic heterocycles. The van der Waals surface area contributed by atoms with Crippen LogP contribution in [0.2, 0.25) is 0 Å². The number of hydrogen-bond donors (Lipinski definition) is 0. The van der Waals surface area contributed by atoms with Crippen LogP contribution in [-0.4, -0.2) is 0 Å². The van der Waals surface area contributed by atoms with Crippen molar-refractivity contribution in [1.82, 2.24) is 0 Å². The molecule has 0 amide bonds. The summed E-state index contributed by atoms with van der Waals surface area (Å²) in [5.41, 5.74) is 2.77. The summed E-state index contributed by atoms with van der Waals surface area (Å²) in [6, 6.07) is 10.2. The van der Waals surface area contributed by atoms with Crippen LogP contribution in [0.3, 0.4) is 0 Å². The first-order valence-electron chi connectivity index (χ1n) is 6.65. The van der Waals surface area contributed by atoms with Gasteiger partial charge < -0.3 is 0 Å². The third kappa shape index (κ3) is 4.38. The SMILES string of the molecule is CC[C@H](C)Cc1[c]c(C[C@@H](C)CC)ccc1. The normalized spacial score (nSPS) is 14.8. The third-order valence-electron chi connectivity index (χ3n) is 3.45. The molecular weight excluding hydrogens is 192 g/mol. The highest BCUT2D eigenvalue weighted by atomic mass is 14.1. The van der Waals surface area contributed by atoms with E-state index in [0.717, 1.165) is 11.8 Å². The Morgan fingerprint density at radius 3 is 1.75 bits per heavy atom. The summed E-state index contributed by atoms with van der Waals surface area (Å²) in [5, 5.41) is 0. The molecule has 0 unspecified atom stereocenters. The monoisotopic (exact) mass is 217 g/mol. The fourth-order valence-electron chi connectivity index (χ4n) is 1.85. The fourth-order valence-corrected chi connectivity index (χ4v) is 1.85. The van der Waals surface area contributed by atoms with Gasteiger partial charge >= 0.3 is 0 Å². The van der Waals surface area contributed by atoms with Crippen molar-refractivity contribution in [2.45, 2.75) is 53.4 Å². The molecule has 0 bridgehead atoms. The molecule has 1 aromatic carbocycles. The Morgan fingerprint density at radius 2 is 1.38 bits per heavy atom. The van der Waals surface area contributed by atoms with Crippen LogP contribution in [0.25, 0.3) is 0 Å². The first kappa shape index (κ1) is 13.3. The van der Waals surface area contributed by atoms with E-state index in [1.165, 1.54) is 36.8 Å². The maximum absolute atomic E-state index is 3.57. The standard InChI is InChI=1S/C16H25/c1-5-13(3)10-15-8-7-9-16(12-15)11-14(4)6-2/h7-9,13-14H,5-6,10-11H2,1-4H3/t13-,14-/m0/s1. The Bertz CT molecular complexity index is 273. The molecule has 1 aromatic rings. The largest absolute Gasteiger partial charge is 0.0651 e. The second-order valence-corrected chi connectivity index (χ2v) is 5.14. The highest BCUT2D eigenvalue weighted by molar-refractivity contribution is 5.22. The van der Waals surface area contributed by atoms with Crippen molar-refractivity contribution < 1.29 is 0 Å². The Kier molecular flexibility index (Phi) is 5.59. The summed E-state index contributed by atoms with van der Waals surface area (Å²) in [6.45, 7) is 9.14. The van der Waals surface area contributed by atoms with Crippen molar-refractivity contribution in [1.29, 1.82) is 0 Å². The molecular formula is C16H25. The summed E-state index contributed by atoms with van der Waals surface area (Å²) in [5.74, 6) is 1.55. The molecule has 2 atom stereocenters. The predicted molar refractivity (Wildman–Crippen MR) is 71.6 cm³/mol. The lowest BCUT2D eigenvalue weighted by atomic mass is 9.94. The highest BCUT2D eigenvalue weighted by Gasteiger charge is 2.05. The van der Waals surface area contributed by atoms with E-state index in [9.17, 15) is 0 Å². The lowest BCUT2D eigenvalue weighted by molar-refractivity contribution is 0.551. The van der Waals surface area contributed by atoms with Gasteiger partial charge in [0.15, 0.2) is 0 Å². The Hall–Kier alpha value is -0.780. The maximum Gasteiger partial charge on any atom is -0.0114 e. The average molecular weight is 217 g/mol. The van der Waals surface area contributed by atoms with Crippen LogP contribution in [0.1, 0.15) is 51.7 Å². The van der Waals surface area contributed by atoms with Crippen LogP contribution in [0.5, 0.6) is 0 Å². The maximum atomic E-state index is 3.57. The van der Waals surface area contributed by atoms with Gasteiger partial charge in [0.1, 0.15) is 0 Å². The van der Waals surface area contributed by atoms with Gasteiger partial charge in [-0.3, -0.25) is 0 Å². The van der Waals surface area contributed by atoms with Crippen molar-refractivity contribution in [3.8, 4) is 0 Å². The van der Waals surface area contributed by atoms with E-state index in [2.05, 4.69) is 52.0 Å². The molecule has 0 nitrogen and oxygen atoms in total. The molecule has 0 aromatic heterocycles. The van der Waals surface area contributed by atoms with Crippen molar-refractivity contribution in [3.63, 3.8) is 0 Å². The van der Waals surface area contributed by atoms with Crippen LogP contribution in [0, 0.1) is 17.9 Å². The van der Waals surface area contributed by atoms with Crippen molar-refractivity contribution in [2.75, 3.05) is 0 Å². The first-order chi connectivity index (χ1) is 7.65. The lowest BCUT2D eigenvalue weighted by Crippen LogP contribution is -2.01. The smallest absolute Gasteiger partial charge is 0.0114 e. The van der Waals surface area contributed by atoms with Crippen LogP contribution in [0.15, 0.2) is 18.2 Å². The zero-order chi connectivity index (χ0) is 12.0. The minimum Gasteiger partial charge on any atom is -0.0651 e. The van der Waals surface area contributed by atoms with Gasteiger partial charge in [-0.25, -0.2) is 0 Å². The van der Waals surface area contributed by atoms with Crippen LogP contribution in [-0.2, 0) is 12.8 Å². The van der Waals surface area contributed by atoms with Crippen LogP contribution < -0.4 is 0 Å². The van der Waals surface area contributed by atoms with E-state index in [-0.39, 0.29) is 0 Å². The summed E-state index contributed by atoms with van der Waals surface area (Å²) in [4.78, 5) is 0. The summed E-state index contributed by atoms with van der Waals surface area (Å²) in [6.07, 6.45) is 4.85. The summed E-state index contributed by atoms with van der Waals surface area (Å²) in [7, 11) is 0. The molecule has 0 heterocycles. The van der Waals surface area contributed by atoms with Crippen molar-refractivity contribution in [3.05, 3.63) is 35.4 Å². The molecule has 89 valence electrons. The van der Waals surface area contributed by atoms with Gasteiger partial charge in [0.05, 0.1) is 0 Å². The average Bonchev–Trinajstić information content (AvgIpc) is 2.29. The van der Waals surface area contributed by atoms with Crippen molar-refractivity contribution >= 4 is 0 Å². The minimum absolute atomic E-state index is 0.773. The highest BCUT2D eigenvalue weighted by Crippen LogP contribution is 2.15. The number of benzene rings is 1. The summed E-state index contributed by atoms with van der Waals surface area (Å²) < 4.78 is 0. The summed E-state index contributed by atoms with van der Waals surface area (Å²) >= 11 is 0. The molecule has 0 heteroatoms. The van der Waals surface area contributed by atoms with Gasteiger partial charge in [0.2, 0.25) is 0 Å². The van der Waals surface area contributed by atoms with Gasteiger partial charge in [-0.05, 0) is 41.9 Å². The van der Waals surface area contributed by atoms with E-state index in [0.29, 0.717) is 0 Å². The van der Waals surface area contributed by atoms with Crippen LogP contribution in [0.4, 0.5) is 0 Å². The second kappa shape index (κ2) is 6.73. The molecule has 0 N–H and O–H groups in total. The molecule has 0 spiro atoms.